The average Bonchev–Trinajstić information content (AvgIpc) is 2.34. The second-order valence-electron chi connectivity index (χ2n) is 5.18. The summed E-state index contributed by atoms with van der Waals surface area (Å²) in [6.07, 6.45) is -10.5. The summed E-state index contributed by atoms with van der Waals surface area (Å²) >= 11 is 0.178. The molecule has 0 radical (unpaired) electrons. The molecule has 0 bridgehead atoms. The fraction of sp³-hybridized carbons (Fsp3) is 0.500. The topological polar surface area (TPSA) is 57.2 Å². The van der Waals surface area contributed by atoms with Gasteiger partial charge in [0.15, 0.2) is 14.7 Å². The lowest BCUT2D eigenvalue weighted by Gasteiger charge is -2.33. The maximum atomic E-state index is 12.9. The van der Waals surface area contributed by atoms with Gasteiger partial charge in [0, 0.05) is 16.8 Å². The number of alkyl halides is 6. The normalized spacial score (nSPS) is 15.4. The predicted molar refractivity (Wildman–Crippen MR) is 78.7 cm³/mol. The molecule has 0 heterocycles. The van der Waals surface area contributed by atoms with Crippen molar-refractivity contribution in [3.05, 3.63) is 22.7 Å². The lowest BCUT2D eigenvalue weighted by molar-refractivity contribution is -0.325. The summed E-state index contributed by atoms with van der Waals surface area (Å²) in [5.41, 5.74) is -4.19. The van der Waals surface area contributed by atoms with Gasteiger partial charge in [-0.15, -0.1) is 0 Å². The van der Waals surface area contributed by atoms with E-state index in [0.29, 0.717) is 0 Å². The number of halogens is 7. The quantitative estimate of drug-likeness (QED) is 0.502. The van der Waals surface area contributed by atoms with Crippen LogP contribution in [0, 0.1) is 5.41 Å². The van der Waals surface area contributed by atoms with E-state index in [1.54, 1.807) is 0 Å². The highest BCUT2D eigenvalue weighted by Crippen LogP contribution is 2.51. The van der Waals surface area contributed by atoms with Gasteiger partial charge in [-0.25, -0.2) is 8.42 Å². The van der Waals surface area contributed by atoms with Gasteiger partial charge in [0.25, 0.3) is 0 Å². The fourth-order valence-corrected chi connectivity index (χ4v) is 5.03. The first kappa shape index (κ1) is 21.6. The van der Waals surface area contributed by atoms with Crippen LogP contribution in [0.2, 0.25) is 0 Å². The third-order valence-electron chi connectivity index (χ3n) is 3.24. The molecule has 3 nitrogen and oxygen atoms in total. The number of hydrogen-bond acceptors (Lipinski definition) is 3. The summed E-state index contributed by atoms with van der Waals surface area (Å²) in [5, 5.41) is 0. The zero-order chi connectivity index (χ0) is 19.1. The van der Waals surface area contributed by atoms with Crippen molar-refractivity contribution >= 4 is 36.9 Å². The molecule has 1 aromatic rings. The van der Waals surface area contributed by atoms with Gasteiger partial charge in [-0.2, -0.15) is 26.3 Å². The molecule has 0 aliphatic rings. The first-order valence-corrected chi connectivity index (χ1v) is 10.0. The van der Waals surface area contributed by atoms with E-state index in [-0.39, 0.29) is 16.3 Å². The van der Waals surface area contributed by atoms with Gasteiger partial charge < -0.3 is 4.55 Å². The largest absolute Gasteiger partial charge is 0.611 e. The molecule has 0 N–H and O–H groups in total. The van der Waals surface area contributed by atoms with Crippen molar-refractivity contribution in [1.82, 2.24) is 0 Å². The molecule has 0 aliphatic heterocycles. The highest BCUT2D eigenvalue weighted by molar-refractivity contribution is 9.10. The fourth-order valence-electron chi connectivity index (χ4n) is 1.58. The maximum Gasteiger partial charge on any atom is 0.407 e. The molecule has 0 spiro atoms. The van der Waals surface area contributed by atoms with Crippen LogP contribution in [0.5, 0.6) is 0 Å². The van der Waals surface area contributed by atoms with Crippen molar-refractivity contribution in [2.75, 3.05) is 12.0 Å². The standard InChI is InChI=1S/C12H11BrF6O3S2/c1-10(11(14,15)16,12(17,18)19)6-23(20)7-3-4-8(13)9(5-7)24(2,21)22/h3-5H,6H2,1-2H3. The molecule has 24 heavy (non-hydrogen) atoms. The highest BCUT2D eigenvalue weighted by Gasteiger charge is 2.70. The lowest BCUT2D eigenvalue weighted by atomic mass is 9.92. The van der Waals surface area contributed by atoms with Gasteiger partial charge in [0.05, 0.1) is 4.90 Å². The Hall–Kier alpha value is -0.460. The van der Waals surface area contributed by atoms with Crippen LogP contribution < -0.4 is 0 Å². The molecule has 138 valence electrons. The van der Waals surface area contributed by atoms with Gasteiger partial charge in [-0.1, -0.05) is 0 Å². The van der Waals surface area contributed by atoms with Crippen LogP contribution in [0.4, 0.5) is 26.3 Å². The van der Waals surface area contributed by atoms with E-state index in [2.05, 4.69) is 15.9 Å². The van der Waals surface area contributed by atoms with Crippen LogP contribution in [0.25, 0.3) is 0 Å². The van der Waals surface area contributed by atoms with E-state index in [4.69, 9.17) is 0 Å². The molecule has 0 amide bonds. The minimum absolute atomic E-state index is 0.0557. The SMILES string of the molecule is CC(C[S+]([O-])c1ccc(Br)c(S(C)(=O)=O)c1)(C(F)(F)F)C(F)(F)F. The highest BCUT2D eigenvalue weighted by atomic mass is 79.9. The Labute approximate surface area is 145 Å². The van der Waals surface area contributed by atoms with Crippen LogP contribution in [-0.4, -0.2) is 37.3 Å². The Kier molecular flexibility index (Phi) is 6.02. The summed E-state index contributed by atoms with van der Waals surface area (Å²) in [7, 11) is -3.82. The van der Waals surface area contributed by atoms with E-state index in [1.807, 2.05) is 0 Å². The van der Waals surface area contributed by atoms with Gasteiger partial charge in [0.2, 0.25) is 5.41 Å². The monoisotopic (exact) mass is 460 g/mol. The van der Waals surface area contributed by atoms with E-state index < -0.39 is 49.4 Å². The molecule has 0 aromatic heterocycles. The predicted octanol–water partition coefficient (Wildman–Crippen LogP) is 4.09. The molecule has 0 aliphatic carbocycles. The van der Waals surface area contributed by atoms with E-state index in [1.165, 1.54) is 0 Å². The first-order chi connectivity index (χ1) is 10.5. The summed E-state index contributed by atoms with van der Waals surface area (Å²) in [6.45, 7) is -0.0821. The summed E-state index contributed by atoms with van der Waals surface area (Å²) in [5.74, 6) is -1.77. The summed E-state index contributed by atoms with van der Waals surface area (Å²) in [4.78, 5) is -0.826. The molecular formula is C12H11BrF6O3S2. The molecule has 1 atom stereocenters. The second kappa shape index (κ2) is 6.69. The van der Waals surface area contributed by atoms with Crippen LogP contribution in [0.15, 0.2) is 32.5 Å². The Morgan fingerprint density at radius 3 is 1.96 bits per heavy atom. The van der Waals surface area contributed by atoms with Gasteiger partial charge >= 0.3 is 12.4 Å². The van der Waals surface area contributed by atoms with Crippen LogP contribution in [0.3, 0.4) is 0 Å². The van der Waals surface area contributed by atoms with Gasteiger partial charge in [0.1, 0.15) is 5.75 Å². The van der Waals surface area contributed by atoms with Crippen molar-refractivity contribution < 1.29 is 39.3 Å². The summed E-state index contributed by atoms with van der Waals surface area (Å²) < 4.78 is 112. The molecule has 0 fully saturated rings. The Balaban J connectivity index is 3.31. The Morgan fingerprint density at radius 1 is 1.12 bits per heavy atom. The maximum absolute atomic E-state index is 12.9. The molecule has 1 aromatic carbocycles. The van der Waals surface area contributed by atoms with Gasteiger partial charge in [-0.05, 0) is 46.2 Å². The average molecular weight is 461 g/mol. The Morgan fingerprint density at radius 2 is 1.58 bits per heavy atom. The molecule has 0 saturated carbocycles. The Bertz CT molecular complexity index is 700. The van der Waals surface area contributed by atoms with E-state index in [0.717, 1.165) is 24.5 Å². The van der Waals surface area contributed by atoms with Crippen LogP contribution >= 0.6 is 15.9 Å². The first-order valence-electron chi connectivity index (χ1n) is 6.02. The molecule has 12 heteroatoms. The smallest absolute Gasteiger partial charge is 0.407 e. The minimum atomic E-state index is -5.67. The number of benzene rings is 1. The number of hydrogen-bond donors (Lipinski definition) is 0. The molecule has 1 rings (SSSR count). The number of rotatable bonds is 4. The van der Waals surface area contributed by atoms with Crippen molar-refractivity contribution in [2.45, 2.75) is 29.1 Å². The van der Waals surface area contributed by atoms with Crippen molar-refractivity contribution in [3.63, 3.8) is 0 Å². The molecular weight excluding hydrogens is 450 g/mol. The third kappa shape index (κ3) is 4.38. The minimum Gasteiger partial charge on any atom is -0.611 e. The lowest BCUT2D eigenvalue weighted by Crippen LogP contribution is -2.52. The zero-order valence-corrected chi connectivity index (χ0v) is 15.3. The van der Waals surface area contributed by atoms with Gasteiger partial charge in [-0.3, -0.25) is 0 Å². The van der Waals surface area contributed by atoms with Crippen LogP contribution in [0.1, 0.15) is 6.92 Å². The van der Waals surface area contributed by atoms with Crippen LogP contribution in [-0.2, 0) is 21.0 Å². The van der Waals surface area contributed by atoms with Crippen molar-refractivity contribution in [3.8, 4) is 0 Å². The second-order valence-corrected chi connectivity index (χ2v) is 9.47. The van der Waals surface area contributed by atoms with E-state index >= 15 is 0 Å². The molecule has 0 saturated heterocycles. The third-order valence-corrected chi connectivity index (χ3v) is 6.95. The van der Waals surface area contributed by atoms with Crippen molar-refractivity contribution in [1.29, 1.82) is 0 Å². The van der Waals surface area contributed by atoms with Crippen molar-refractivity contribution in [2.24, 2.45) is 5.41 Å². The molecule has 1 unspecified atom stereocenters. The number of sulfone groups is 1. The van der Waals surface area contributed by atoms with E-state index in [9.17, 15) is 39.3 Å². The zero-order valence-electron chi connectivity index (χ0n) is 12.1. The summed E-state index contributed by atoms with van der Waals surface area (Å²) in [6, 6.07) is 2.90.